The highest BCUT2D eigenvalue weighted by molar-refractivity contribution is 5.49. The maximum absolute atomic E-state index is 13.3. The molecule has 0 saturated carbocycles. The Morgan fingerprint density at radius 1 is 1.08 bits per heavy atom. The zero-order chi connectivity index (χ0) is 16.5. The van der Waals surface area contributed by atoms with Gasteiger partial charge in [0.25, 0.3) is 11.8 Å². The van der Waals surface area contributed by atoms with Crippen molar-refractivity contribution in [1.82, 2.24) is 25.2 Å². The van der Waals surface area contributed by atoms with E-state index in [0.717, 1.165) is 38.3 Å². The average molecular weight is 332 g/mol. The Bertz CT molecular complexity index is 855. The lowest BCUT2D eigenvalue weighted by molar-refractivity contribution is 0.425. The van der Waals surface area contributed by atoms with Crippen molar-refractivity contribution in [2.75, 3.05) is 31.1 Å². The molecule has 0 atom stereocenters. The van der Waals surface area contributed by atoms with Gasteiger partial charge in [-0.05, 0) is 23.4 Å². The van der Waals surface area contributed by atoms with E-state index < -0.39 is 11.6 Å². The number of rotatable bonds is 3. The number of anilines is 1. The SMILES string of the molecule is Fc1ccc(-n2ccc(-c3nc(N4CCNCC4)no3)n2)cc1F. The minimum atomic E-state index is -0.927. The molecule has 0 amide bonds. The lowest BCUT2D eigenvalue weighted by Gasteiger charge is -2.25. The number of nitrogens with zero attached hydrogens (tertiary/aromatic N) is 5. The molecule has 9 heteroatoms. The highest BCUT2D eigenvalue weighted by atomic mass is 19.2. The lowest BCUT2D eigenvalue weighted by atomic mass is 10.3. The second-order valence-corrected chi connectivity index (χ2v) is 5.38. The molecule has 3 heterocycles. The van der Waals surface area contributed by atoms with Crippen LogP contribution < -0.4 is 10.2 Å². The van der Waals surface area contributed by atoms with Crippen molar-refractivity contribution >= 4 is 5.95 Å². The van der Waals surface area contributed by atoms with Crippen LogP contribution in [-0.2, 0) is 0 Å². The van der Waals surface area contributed by atoms with Crippen LogP contribution in [0, 0.1) is 11.6 Å². The molecule has 1 aromatic carbocycles. The Labute approximate surface area is 135 Å². The fraction of sp³-hybridized carbons (Fsp3) is 0.267. The average Bonchev–Trinajstić information content (AvgIpc) is 3.27. The lowest BCUT2D eigenvalue weighted by Crippen LogP contribution is -2.44. The van der Waals surface area contributed by atoms with E-state index in [1.807, 2.05) is 4.90 Å². The second kappa shape index (κ2) is 6.00. The number of aromatic nitrogens is 4. The summed E-state index contributed by atoms with van der Waals surface area (Å²) in [5, 5.41) is 11.5. The Kier molecular flexibility index (Phi) is 3.69. The molecule has 1 aliphatic heterocycles. The number of benzene rings is 1. The Morgan fingerprint density at radius 2 is 1.92 bits per heavy atom. The minimum Gasteiger partial charge on any atom is -0.336 e. The smallest absolute Gasteiger partial charge is 0.280 e. The summed E-state index contributed by atoms with van der Waals surface area (Å²) in [4.78, 5) is 6.38. The third-order valence-corrected chi connectivity index (χ3v) is 3.79. The predicted octanol–water partition coefficient (Wildman–Crippen LogP) is 1.61. The van der Waals surface area contributed by atoms with Gasteiger partial charge in [0.15, 0.2) is 17.3 Å². The van der Waals surface area contributed by atoms with Crippen molar-refractivity contribution in [2.45, 2.75) is 0 Å². The monoisotopic (exact) mass is 332 g/mol. The summed E-state index contributed by atoms with van der Waals surface area (Å²) in [6, 6.07) is 5.25. The summed E-state index contributed by atoms with van der Waals surface area (Å²) in [5.41, 5.74) is 0.871. The molecule has 1 saturated heterocycles. The third-order valence-electron chi connectivity index (χ3n) is 3.79. The normalized spacial score (nSPS) is 15.0. The molecule has 2 aromatic heterocycles. The topological polar surface area (TPSA) is 72.0 Å². The summed E-state index contributed by atoms with van der Waals surface area (Å²) in [7, 11) is 0. The van der Waals surface area contributed by atoms with Gasteiger partial charge in [-0.3, -0.25) is 0 Å². The van der Waals surface area contributed by atoms with Crippen LogP contribution in [0.2, 0.25) is 0 Å². The Balaban J connectivity index is 1.58. The van der Waals surface area contributed by atoms with E-state index in [1.165, 1.54) is 10.7 Å². The van der Waals surface area contributed by atoms with Gasteiger partial charge in [0, 0.05) is 38.4 Å². The summed E-state index contributed by atoms with van der Waals surface area (Å²) in [5.74, 6) is -1.02. The van der Waals surface area contributed by atoms with E-state index in [9.17, 15) is 8.78 Å². The molecule has 0 unspecified atom stereocenters. The summed E-state index contributed by atoms with van der Waals surface area (Å²) >= 11 is 0. The molecule has 7 nitrogen and oxygen atoms in total. The van der Waals surface area contributed by atoms with Crippen LogP contribution in [0.15, 0.2) is 35.0 Å². The predicted molar refractivity (Wildman–Crippen MR) is 81.9 cm³/mol. The Morgan fingerprint density at radius 3 is 2.71 bits per heavy atom. The molecule has 24 heavy (non-hydrogen) atoms. The molecule has 0 aliphatic carbocycles. The highest BCUT2D eigenvalue weighted by Gasteiger charge is 2.18. The molecular weight excluding hydrogens is 318 g/mol. The van der Waals surface area contributed by atoms with Gasteiger partial charge in [-0.2, -0.15) is 10.1 Å². The fourth-order valence-corrected chi connectivity index (χ4v) is 2.52. The van der Waals surface area contributed by atoms with Gasteiger partial charge in [0.05, 0.1) is 5.69 Å². The summed E-state index contributed by atoms with van der Waals surface area (Å²) in [6.45, 7) is 3.35. The van der Waals surface area contributed by atoms with Gasteiger partial charge in [0.1, 0.15) is 0 Å². The maximum Gasteiger partial charge on any atom is 0.280 e. The van der Waals surface area contributed by atoms with Crippen LogP contribution in [0.3, 0.4) is 0 Å². The molecule has 3 aromatic rings. The van der Waals surface area contributed by atoms with Crippen molar-refractivity contribution < 1.29 is 13.3 Å². The van der Waals surface area contributed by atoms with E-state index in [2.05, 4.69) is 20.6 Å². The van der Waals surface area contributed by atoms with E-state index in [1.54, 1.807) is 12.3 Å². The standard InChI is InChI=1S/C15H14F2N6O/c16-11-2-1-10(9-12(11)17)23-6-3-13(20-23)14-19-15(21-24-14)22-7-4-18-5-8-22/h1-3,6,9,18H,4-5,7-8H2. The maximum atomic E-state index is 13.3. The minimum absolute atomic E-state index is 0.282. The first-order valence-electron chi connectivity index (χ1n) is 7.51. The Hall–Kier alpha value is -2.81. The van der Waals surface area contributed by atoms with Gasteiger partial charge in [0.2, 0.25) is 0 Å². The molecule has 0 bridgehead atoms. The van der Waals surface area contributed by atoms with Gasteiger partial charge >= 0.3 is 0 Å². The first kappa shape index (κ1) is 14.8. The first-order chi connectivity index (χ1) is 11.7. The van der Waals surface area contributed by atoms with Crippen LogP contribution in [0.5, 0.6) is 0 Å². The quantitative estimate of drug-likeness (QED) is 0.786. The first-order valence-corrected chi connectivity index (χ1v) is 7.51. The molecule has 0 radical (unpaired) electrons. The van der Waals surface area contributed by atoms with Crippen LogP contribution in [0.25, 0.3) is 17.3 Å². The highest BCUT2D eigenvalue weighted by Crippen LogP contribution is 2.20. The zero-order valence-electron chi connectivity index (χ0n) is 12.6. The fourth-order valence-electron chi connectivity index (χ4n) is 2.52. The van der Waals surface area contributed by atoms with Gasteiger partial charge in [-0.15, -0.1) is 0 Å². The van der Waals surface area contributed by atoms with Crippen molar-refractivity contribution in [3.8, 4) is 17.3 Å². The molecule has 0 spiro atoms. The zero-order valence-corrected chi connectivity index (χ0v) is 12.6. The molecule has 4 rings (SSSR count). The second-order valence-electron chi connectivity index (χ2n) is 5.38. The third kappa shape index (κ3) is 2.73. The summed E-state index contributed by atoms with van der Waals surface area (Å²) in [6.07, 6.45) is 1.62. The molecule has 1 fully saturated rings. The van der Waals surface area contributed by atoms with Crippen LogP contribution in [-0.4, -0.2) is 46.1 Å². The van der Waals surface area contributed by atoms with Crippen molar-refractivity contribution in [3.63, 3.8) is 0 Å². The number of halogens is 2. The largest absolute Gasteiger partial charge is 0.336 e. The van der Waals surface area contributed by atoms with E-state index in [-0.39, 0.29) is 5.89 Å². The summed E-state index contributed by atoms with van der Waals surface area (Å²) < 4.78 is 33.0. The molecular formula is C15H14F2N6O. The van der Waals surface area contributed by atoms with Crippen molar-refractivity contribution in [2.24, 2.45) is 0 Å². The number of hydrogen-bond acceptors (Lipinski definition) is 6. The molecule has 1 aliphatic rings. The van der Waals surface area contributed by atoms with Crippen molar-refractivity contribution in [3.05, 3.63) is 42.1 Å². The molecule has 1 N–H and O–H groups in total. The van der Waals surface area contributed by atoms with Gasteiger partial charge < -0.3 is 14.7 Å². The van der Waals surface area contributed by atoms with Crippen LogP contribution >= 0.6 is 0 Å². The van der Waals surface area contributed by atoms with Gasteiger partial charge in [-0.1, -0.05) is 0 Å². The molecule has 124 valence electrons. The number of piperazine rings is 1. The number of hydrogen-bond donors (Lipinski definition) is 1. The van der Waals surface area contributed by atoms with Crippen molar-refractivity contribution in [1.29, 1.82) is 0 Å². The van der Waals surface area contributed by atoms with Crippen LogP contribution in [0.4, 0.5) is 14.7 Å². The number of nitrogens with one attached hydrogen (secondary N) is 1. The van der Waals surface area contributed by atoms with E-state index in [4.69, 9.17) is 4.52 Å². The van der Waals surface area contributed by atoms with E-state index in [0.29, 0.717) is 17.3 Å². The van der Waals surface area contributed by atoms with Crippen LogP contribution in [0.1, 0.15) is 0 Å². The van der Waals surface area contributed by atoms with E-state index >= 15 is 0 Å². The van der Waals surface area contributed by atoms with Gasteiger partial charge in [-0.25, -0.2) is 13.5 Å².